The van der Waals surface area contributed by atoms with Crippen molar-refractivity contribution in [3.8, 4) is 5.75 Å². The number of hydrogen-bond acceptors (Lipinski definition) is 3. The minimum Gasteiger partial charge on any atom is -0.493 e. The topological polar surface area (TPSA) is 58.6 Å². The van der Waals surface area contributed by atoms with Crippen molar-refractivity contribution < 1.29 is 14.3 Å². The summed E-state index contributed by atoms with van der Waals surface area (Å²) < 4.78 is 5.54. The Morgan fingerprint density at radius 2 is 1.77 bits per heavy atom. The molecule has 1 N–H and O–H groups in total. The fourth-order valence-corrected chi connectivity index (χ4v) is 2.87. The highest BCUT2D eigenvalue weighted by molar-refractivity contribution is 6.31. The molecule has 0 unspecified atom stereocenters. The quantitative estimate of drug-likeness (QED) is 0.604. The van der Waals surface area contributed by atoms with E-state index in [0.29, 0.717) is 28.0 Å². The molecule has 1 aliphatic rings. The molecule has 0 bridgehead atoms. The van der Waals surface area contributed by atoms with E-state index in [1.54, 1.807) is 48.5 Å². The number of urea groups is 1. The summed E-state index contributed by atoms with van der Waals surface area (Å²) in [5.74, 6) is 0.176. The lowest BCUT2D eigenvalue weighted by molar-refractivity contribution is -0.123. The number of carbonyl (C=O) groups excluding carboxylic acids is 2. The number of benzene rings is 2. The van der Waals surface area contributed by atoms with Gasteiger partial charge in [-0.25, -0.2) is 4.79 Å². The van der Waals surface area contributed by atoms with Gasteiger partial charge in [-0.1, -0.05) is 35.3 Å². The maximum Gasteiger partial charge on any atom is 0.329 e. The van der Waals surface area contributed by atoms with Gasteiger partial charge in [0, 0.05) is 15.6 Å². The van der Waals surface area contributed by atoms with E-state index in [4.69, 9.17) is 27.9 Å². The number of halogens is 2. The summed E-state index contributed by atoms with van der Waals surface area (Å²) in [7, 11) is 0. The molecule has 2 aromatic carbocycles. The number of nitrogens with one attached hydrogen (secondary N) is 1. The lowest BCUT2D eigenvalue weighted by atomic mass is 10.1. The van der Waals surface area contributed by atoms with Gasteiger partial charge in [0.1, 0.15) is 11.4 Å². The molecule has 26 heavy (non-hydrogen) atoms. The lowest BCUT2D eigenvalue weighted by Gasteiger charge is -2.11. The molecule has 5 nitrogen and oxygen atoms in total. The van der Waals surface area contributed by atoms with Crippen molar-refractivity contribution >= 4 is 41.2 Å². The Labute approximate surface area is 161 Å². The second-order valence-corrected chi connectivity index (χ2v) is 6.49. The van der Waals surface area contributed by atoms with Crippen molar-refractivity contribution in [2.24, 2.45) is 0 Å². The van der Waals surface area contributed by atoms with E-state index in [9.17, 15) is 9.59 Å². The van der Waals surface area contributed by atoms with Crippen molar-refractivity contribution in [3.63, 3.8) is 0 Å². The van der Waals surface area contributed by atoms with Crippen LogP contribution in [-0.2, 0) is 11.3 Å². The van der Waals surface area contributed by atoms with Gasteiger partial charge in [-0.15, -0.1) is 0 Å². The van der Waals surface area contributed by atoms with E-state index in [2.05, 4.69) is 5.32 Å². The average Bonchev–Trinajstić information content (AvgIpc) is 2.87. The first-order valence-corrected chi connectivity index (χ1v) is 8.75. The summed E-state index contributed by atoms with van der Waals surface area (Å²) in [6, 6.07) is 11.6. The molecule has 1 fully saturated rings. The van der Waals surface area contributed by atoms with Crippen LogP contribution < -0.4 is 10.1 Å². The number of nitrogens with zero attached hydrogens (tertiary/aromatic N) is 1. The Morgan fingerprint density at radius 3 is 2.46 bits per heavy atom. The minimum absolute atomic E-state index is 0.160. The van der Waals surface area contributed by atoms with Gasteiger partial charge in [0.05, 0.1) is 13.2 Å². The molecule has 0 aromatic heterocycles. The number of imide groups is 1. The number of rotatable bonds is 5. The normalized spacial score (nSPS) is 15.5. The van der Waals surface area contributed by atoms with Gasteiger partial charge in [-0.05, 0) is 48.9 Å². The van der Waals surface area contributed by atoms with Crippen molar-refractivity contribution in [3.05, 3.63) is 69.3 Å². The Kier molecular flexibility index (Phi) is 5.49. The van der Waals surface area contributed by atoms with Gasteiger partial charge in [-0.2, -0.15) is 0 Å². The number of carbonyl (C=O) groups is 2. The molecule has 3 rings (SSSR count). The van der Waals surface area contributed by atoms with Crippen molar-refractivity contribution in [2.45, 2.75) is 13.5 Å². The fourth-order valence-electron chi connectivity index (χ4n) is 2.56. The van der Waals surface area contributed by atoms with Crippen LogP contribution in [-0.4, -0.2) is 23.4 Å². The SMILES string of the molecule is CCOc1ccc(Cl)cc1/C=C1\NC(=O)N(Cc2ccc(Cl)cc2)C1=O. The van der Waals surface area contributed by atoms with Gasteiger partial charge in [0.2, 0.25) is 0 Å². The van der Waals surface area contributed by atoms with Crippen LogP contribution in [0.4, 0.5) is 4.79 Å². The second kappa shape index (κ2) is 7.81. The summed E-state index contributed by atoms with van der Waals surface area (Å²) >= 11 is 11.9. The van der Waals surface area contributed by atoms with Gasteiger partial charge in [-0.3, -0.25) is 9.69 Å². The molecule has 7 heteroatoms. The first-order chi connectivity index (χ1) is 12.5. The molecular formula is C19H16Cl2N2O3. The molecule has 0 saturated carbocycles. The lowest BCUT2D eigenvalue weighted by Crippen LogP contribution is -2.30. The van der Waals surface area contributed by atoms with E-state index in [0.717, 1.165) is 10.5 Å². The average molecular weight is 391 g/mol. The number of ether oxygens (including phenoxy) is 1. The van der Waals surface area contributed by atoms with Crippen molar-refractivity contribution in [1.82, 2.24) is 10.2 Å². The molecule has 2 aromatic rings. The molecule has 134 valence electrons. The fraction of sp³-hybridized carbons (Fsp3) is 0.158. The molecule has 0 aliphatic carbocycles. The van der Waals surface area contributed by atoms with E-state index in [-0.39, 0.29) is 12.2 Å². The van der Waals surface area contributed by atoms with E-state index in [1.807, 2.05) is 6.92 Å². The van der Waals surface area contributed by atoms with Crippen LogP contribution in [0.3, 0.4) is 0 Å². The largest absolute Gasteiger partial charge is 0.493 e. The molecule has 0 spiro atoms. The van der Waals surface area contributed by atoms with E-state index in [1.165, 1.54) is 0 Å². The third-order valence-electron chi connectivity index (χ3n) is 3.79. The summed E-state index contributed by atoms with van der Waals surface area (Å²) in [5, 5.41) is 3.70. The zero-order valence-electron chi connectivity index (χ0n) is 14.0. The molecule has 3 amide bonds. The molecule has 1 aliphatic heterocycles. The van der Waals surface area contributed by atoms with E-state index < -0.39 is 11.9 Å². The van der Waals surface area contributed by atoms with Crippen LogP contribution in [0.5, 0.6) is 5.75 Å². The molecule has 0 atom stereocenters. The van der Waals surface area contributed by atoms with Crippen molar-refractivity contribution in [2.75, 3.05) is 6.61 Å². The predicted octanol–water partition coefficient (Wildman–Crippen LogP) is 4.49. The smallest absolute Gasteiger partial charge is 0.329 e. The third-order valence-corrected chi connectivity index (χ3v) is 4.27. The highest BCUT2D eigenvalue weighted by Gasteiger charge is 2.33. The van der Waals surface area contributed by atoms with Crippen LogP contribution in [0, 0.1) is 0 Å². The van der Waals surface area contributed by atoms with Crippen LogP contribution in [0.1, 0.15) is 18.1 Å². The minimum atomic E-state index is -0.476. The van der Waals surface area contributed by atoms with Crippen LogP contribution in [0.15, 0.2) is 48.2 Å². The van der Waals surface area contributed by atoms with Gasteiger partial charge in [0.15, 0.2) is 0 Å². The Morgan fingerprint density at radius 1 is 1.08 bits per heavy atom. The first-order valence-electron chi connectivity index (χ1n) is 7.99. The summed E-state index contributed by atoms with van der Waals surface area (Å²) in [6.07, 6.45) is 1.57. The van der Waals surface area contributed by atoms with Gasteiger partial charge >= 0.3 is 6.03 Å². The first kappa shape index (κ1) is 18.3. The van der Waals surface area contributed by atoms with Gasteiger partial charge in [0.25, 0.3) is 5.91 Å². The molecule has 1 heterocycles. The van der Waals surface area contributed by atoms with Crippen LogP contribution in [0.2, 0.25) is 10.0 Å². The summed E-state index contributed by atoms with van der Waals surface area (Å²) in [4.78, 5) is 26.0. The molecular weight excluding hydrogens is 375 g/mol. The van der Waals surface area contributed by atoms with E-state index >= 15 is 0 Å². The number of hydrogen-bond donors (Lipinski definition) is 1. The zero-order chi connectivity index (χ0) is 18.7. The third kappa shape index (κ3) is 4.00. The van der Waals surface area contributed by atoms with Crippen molar-refractivity contribution in [1.29, 1.82) is 0 Å². The van der Waals surface area contributed by atoms with Crippen LogP contribution in [0.25, 0.3) is 6.08 Å². The van der Waals surface area contributed by atoms with Gasteiger partial charge < -0.3 is 10.1 Å². The molecule has 0 radical (unpaired) electrons. The standard InChI is InChI=1S/C19H16Cl2N2O3/c1-2-26-17-8-7-15(21)9-13(17)10-16-18(24)23(19(25)22-16)11-12-3-5-14(20)6-4-12/h3-10H,2,11H2,1H3,(H,22,25)/b16-10-. The predicted molar refractivity (Wildman–Crippen MR) is 101 cm³/mol. The highest BCUT2D eigenvalue weighted by Crippen LogP contribution is 2.26. The monoisotopic (exact) mass is 390 g/mol. The number of amides is 3. The Bertz CT molecular complexity index is 879. The molecule has 1 saturated heterocycles. The second-order valence-electron chi connectivity index (χ2n) is 5.62. The Balaban J connectivity index is 1.85. The zero-order valence-corrected chi connectivity index (χ0v) is 15.5. The summed E-state index contributed by atoms with van der Waals surface area (Å²) in [6.45, 7) is 2.50. The maximum atomic E-state index is 12.6. The van der Waals surface area contributed by atoms with Crippen LogP contribution >= 0.6 is 23.2 Å². The maximum absolute atomic E-state index is 12.6. The highest BCUT2D eigenvalue weighted by atomic mass is 35.5. The summed E-state index contributed by atoms with van der Waals surface area (Å²) in [5.41, 5.74) is 1.60. The Hall–Kier alpha value is -2.50.